The normalized spacial score (nSPS) is 10.3. The first-order valence-electron chi connectivity index (χ1n) is 8.27. The van der Waals surface area contributed by atoms with Crippen LogP contribution < -0.4 is 20.5 Å². The van der Waals surface area contributed by atoms with Crippen molar-refractivity contribution in [1.82, 2.24) is 0 Å². The van der Waals surface area contributed by atoms with Gasteiger partial charge in [-0.05, 0) is 37.6 Å². The molecule has 0 aliphatic rings. The fourth-order valence-electron chi connectivity index (χ4n) is 2.31. The zero-order chi connectivity index (χ0) is 19.1. The molecule has 0 fully saturated rings. The second kappa shape index (κ2) is 9.10. The number of benzene rings is 2. The minimum Gasteiger partial charge on any atom is -0.490 e. The first-order chi connectivity index (χ1) is 12.5. The lowest BCUT2D eigenvalue weighted by Gasteiger charge is -2.15. The van der Waals surface area contributed by atoms with E-state index in [1.807, 2.05) is 13.8 Å². The smallest absolute Gasteiger partial charge is 0.255 e. The van der Waals surface area contributed by atoms with E-state index < -0.39 is 11.8 Å². The molecule has 0 bridgehead atoms. The van der Waals surface area contributed by atoms with E-state index in [0.717, 1.165) is 6.42 Å². The molecule has 26 heavy (non-hydrogen) atoms. The Hall–Kier alpha value is -2.73. The maximum Gasteiger partial charge on any atom is 0.255 e. The van der Waals surface area contributed by atoms with Crippen molar-refractivity contribution < 1.29 is 19.1 Å². The van der Waals surface area contributed by atoms with Gasteiger partial charge in [0.25, 0.3) is 11.8 Å². The van der Waals surface area contributed by atoms with Crippen LogP contribution in [0.1, 0.15) is 41.0 Å². The van der Waals surface area contributed by atoms with Crippen molar-refractivity contribution in [2.45, 2.75) is 20.3 Å². The van der Waals surface area contributed by atoms with Gasteiger partial charge in [0.2, 0.25) is 0 Å². The quantitative estimate of drug-likeness (QED) is 0.731. The average molecular weight is 377 g/mol. The Kier molecular flexibility index (Phi) is 6.86. The Labute approximate surface area is 157 Å². The minimum atomic E-state index is -0.628. The van der Waals surface area contributed by atoms with Crippen molar-refractivity contribution in [3.8, 4) is 11.5 Å². The molecule has 0 aromatic heterocycles. The Morgan fingerprint density at radius 2 is 1.88 bits per heavy atom. The Morgan fingerprint density at radius 3 is 2.54 bits per heavy atom. The van der Waals surface area contributed by atoms with E-state index in [-0.39, 0.29) is 16.1 Å². The SMILES string of the molecule is CCCOc1c(Cl)cc(C(=O)Nc2ccccc2C(N)=O)cc1OCC. The summed E-state index contributed by atoms with van der Waals surface area (Å²) < 4.78 is 11.2. The lowest BCUT2D eigenvalue weighted by atomic mass is 10.1. The molecule has 0 heterocycles. The van der Waals surface area contributed by atoms with Gasteiger partial charge in [-0.3, -0.25) is 9.59 Å². The molecule has 0 atom stereocenters. The van der Waals surface area contributed by atoms with E-state index in [0.29, 0.717) is 30.4 Å². The number of hydrogen-bond donors (Lipinski definition) is 2. The van der Waals surface area contributed by atoms with E-state index in [9.17, 15) is 9.59 Å². The van der Waals surface area contributed by atoms with Crippen molar-refractivity contribution in [2.75, 3.05) is 18.5 Å². The van der Waals surface area contributed by atoms with Crippen LogP contribution in [-0.4, -0.2) is 25.0 Å². The molecular weight excluding hydrogens is 356 g/mol. The number of carbonyl (C=O) groups excluding carboxylic acids is 2. The van der Waals surface area contributed by atoms with Crippen LogP contribution >= 0.6 is 11.6 Å². The van der Waals surface area contributed by atoms with Gasteiger partial charge in [-0.25, -0.2) is 0 Å². The van der Waals surface area contributed by atoms with Crippen LogP contribution in [0.25, 0.3) is 0 Å². The van der Waals surface area contributed by atoms with Crippen LogP contribution in [0.5, 0.6) is 11.5 Å². The van der Waals surface area contributed by atoms with Gasteiger partial charge >= 0.3 is 0 Å². The molecule has 0 aliphatic heterocycles. The highest BCUT2D eigenvalue weighted by Gasteiger charge is 2.18. The molecule has 2 rings (SSSR count). The van der Waals surface area contributed by atoms with E-state index in [1.165, 1.54) is 12.1 Å². The number of halogens is 1. The van der Waals surface area contributed by atoms with Gasteiger partial charge in [0.15, 0.2) is 11.5 Å². The average Bonchev–Trinajstić information content (AvgIpc) is 2.61. The summed E-state index contributed by atoms with van der Waals surface area (Å²) in [6.07, 6.45) is 0.814. The molecule has 0 saturated heterocycles. The van der Waals surface area contributed by atoms with Gasteiger partial charge < -0.3 is 20.5 Å². The number of carbonyl (C=O) groups is 2. The van der Waals surface area contributed by atoms with Crippen molar-refractivity contribution in [2.24, 2.45) is 5.73 Å². The lowest BCUT2D eigenvalue weighted by molar-refractivity contribution is 0.100. The second-order valence-corrected chi connectivity index (χ2v) is 5.84. The van der Waals surface area contributed by atoms with Crippen LogP contribution in [0.2, 0.25) is 5.02 Å². The van der Waals surface area contributed by atoms with Crippen molar-refractivity contribution >= 4 is 29.1 Å². The highest BCUT2D eigenvalue weighted by molar-refractivity contribution is 6.32. The van der Waals surface area contributed by atoms with Gasteiger partial charge in [0.05, 0.1) is 29.5 Å². The molecule has 0 spiro atoms. The van der Waals surface area contributed by atoms with Crippen LogP contribution in [0.15, 0.2) is 36.4 Å². The summed E-state index contributed by atoms with van der Waals surface area (Å²) in [5.74, 6) is -0.271. The highest BCUT2D eigenvalue weighted by atomic mass is 35.5. The highest BCUT2D eigenvalue weighted by Crippen LogP contribution is 2.37. The monoisotopic (exact) mass is 376 g/mol. The summed E-state index contributed by atoms with van der Waals surface area (Å²) in [4.78, 5) is 24.1. The van der Waals surface area contributed by atoms with Crippen LogP contribution in [0.3, 0.4) is 0 Å². The number of amides is 2. The molecule has 0 aliphatic carbocycles. The molecule has 6 nitrogen and oxygen atoms in total. The van der Waals surface area contributed by atoms with Crippen LogP contribution in [0.4, 0.5) is 5.69 Å². The van der Waals surface area contributed by atoms with Crippen molar-refractivity contribution in [3.05, 3.63) is 52.5 Å². The number of primary amides is 1. The standard InChI is InChI=1S/C19H21ClN2O4/c1-3-9-26-17-14(20)10-12(11-16(17)25-4-2)19(24)22-15-8-6-5-7-13(15)18(21)23/h5-8,10-11H,3-4,9H2,1-2H3,(H2,21,23)(H,22,24). The van der Waals surface area contributed by atoms with Gasteiger partial charge in [0, 0.05) is 5.56 Å². The predicted molar refractivity (Wildman–Crippen MR) is 101 cm³/mol. The summed E-state index contributed by atoms with van der Waals surface area (Å²) in [7, 11) is 0. The van der Waals surface area contributed by atoms with E-state index in [2.05, 4.69) is 5.32 Å². The molecule has 2 aromatic carbocycles. The third-order valence-electron chi connectivity index (χ3n) is 3.46. The molecule has 7 heteroatoms. The van der Waals surface area contributed by atoms with Crippen molar-refractivity contribution in [1.29, 1.82) is 0 Å². The van der Waals surface area contributed by atoms with Crippen LogP contribution in [-0.2, 0) is 0 Å². The fourth-order valence-corrected chi connectivity index (χ4v) is 2.57. The van der Waals surface area contributed by atoms with Crippen LogP contribution in [0, 0.1) is 0 Å². The molecule has 3 N–H and O–H groups in total. The molecule has 2 amide bonds. The summed E-state index contributed by atoms with van der Waals surface area (Å²) in [5.41, 5.74) is 6.16. The second-order valence-electron chi connectivity index (χ2n) is 5.43. The predicted octanol–water partition coefficient (Wildman–Crippen LogP) is 3.88. The zero-order valence-electron chi connectivity index (χ0n) is 14.7. The lowest BCUT2D eigenvalue weighted by Crippen LogP contribution is -2.18. The molecule has 0 unspecified atom stereocenters. The van der Waals surface area contributed by atoms with Gasteiger partial charge in [-0.15, -0.1) is 0 Å². The molecule has 0 saturated carbocycles. The molecular formula is C19H21ClN2O4. The Bertz CT molecular complexity index is 808. The Balaban J connectivity index is 2.33. The number of ether oxygens (including phenoxy) is 2. The fraction of sp³-hybridized carbons (Fsp3) is 0.263. The summed E-state index contributed by atoms with van der Waals surface area (Å²) >= 11 is 6.28. The summed E-state index contributed by atoms with van der Waals surface area (Å²) in [5, 5.41) is 2.95. The van der Waals surface area contributed by atoms with E-state index in [1.54, 1.807) is 24.3 Å². The third kappa shape index (κ3) is 4.67. The maximum absolute atomic E-state index is 12.6. The molecule has 138 valence electrons. The largest absolute Gasteiger partial charge is 0.490 e. The topological polar surface area (TPSA) is 90.6 Å². The number of rotatable bonds is 8. The van der Waals surface area contributed by atoms with E-state index >= 15 is 0 Å². The van der Waals surface area contributed by atoms with Gasteiger partial charge in [-0.1, -0.05) is 30.7 Å². The van der Waals surface area contributed by atoms with E-state index in [4.69, 9.17) is 26.8 Å². The number of hydrogen-bond acceptors (Lipinski definition) is 4. The number of nitrogens with two attached hydrogens (primary N) is 1. The molecule has 2 aromatic rings. The van der Waals surface area contributed by atoms with Gasteiger partial charge in [-0.2, -0.15) is 0 Å². The number of anilines is 1. The minimum absolute atomic E-state index is 0.222. The first kappa shape index (κ1) is 19.6. The number of nitrogens with one attached hydrogen (secondary N) is 1. The molecule has 0 radical (unpaired) electrons. The van der Waals surface area contributed by atoms with Gasteiger partial charge in [0.1, 0.15) is 0 Å². The van der Waals surface area contributed by atoms with Crippen molar-refractivity contribution in [3.63, 3.8) is 0 Å². The number of para-hydroxylation sites is 1. The summed E-state index contributed by atoms with van der Waals surface area (Å²) in [6, 6.07) is 9.56. The summed E-state index contributed by atoms with van der Waals surface area (Å²) in [6.45, 7) is 4.69. The Morgan fingerprint density at radius 1 is 1.15 bits per heavy atom. The first-order valence-corrected chi connectivity index (χ1v) is 8.65. The third-order valence-corrected chi connectivity index (χ3v) is 3.74. The maximum atomic E-state index is 12.6. The zero-order valence-corrected chi connectivity index (χ0v) is 15.4.